The van der Waals surface area contributed by atoms with Gasteiger partial charge in [0.2, 0.25) is 0 Å². The van der Waals surface area contributed by atoms with Crippen LogP contribution in [0.2, 0.25) is 0 Å². The van der Waals surface area contributed by atoms with Crippen LogP contribution in [0.5, 0.6) is 0 Å². The average molecular weight is 172 g/mol. The van der Waals surface area contributed by atoms with Crippen molar-refractivity contribution in [3.8, 4) is 0 Å². The van der Waals surface area contributed by atoms with Gasteiger partial charge in [-0.05, 0) is 27.3 Å². The highest BCUT2D eigenvalue weighted by molar-refractivity contribution is 4.91. The van der Waals surface area contributed by atoms with Gasteiger partial charge in [-0.2, -0.15) is 0 Å². The van der Waals surface area contributed by atoms with Crippen molar-refractivity contribution in [3.63, 3.8) is 0 Å². The third-order valence-electron chi connectivity index (χ3n) is 2.27. The molecule has 2 N–H and O–H groups in total. The molecule has 0 saturated carbocycles. The summed E-state index contributed by atoms with van der Waals surface area (Å²) in [5.41, 5.74) is 0.187. The second kappa shape index (κ2) is 3.73. The standard InChI is InChI=1S/C9H20N2O/c1-9(2)7-11(3)6-8(10-9)4-5-12/h8,10,12H,4-7H2,1-3H3. The van der Waals surface area contributed by atoms with Crippen LogP contribution in [0.25, 0.3) is 0 Å². The summed E-state index contributed by atoms with van der Waals surface area (Å²) in [7, 11) is 2.13. The van der Waals surface area contributed by atoms with Crippen LogP contribution < -0.4 is 5.32 Å². The Morgan fingerprint density at radius 1 is 1.58 bits per heavy atom. The number of nitrogens with zero attached hydrogens (tertiary/aromatic N) is 1. The number of likely N-dealkylation sites (N-methyl/N-ethyl adjacent to an activating group) is 1. The van der Waals surface area contributed by atoms with Crippen molar-refractivity contribution in [2.24, 2.45) is 0 Å². The Morgan fingerprint density at radius 2 is 2.25 bits per heavy atom. The van der Waals surface area contributed by atoms with E-state index in [0.29, 0.717) is 6.04 Å². The molecular weight excluding hydrogens is 152 g/mol. The molecule has 0 radical (unpaired) electrons. The molecule has 0 spiro atoms. The van der Waals surface area contributed by atoms with Gasteiger partial charge in [0.1, 0.15) is 0 Å². The van der Waals surface area contributed by atoms with Gasteiger partial charge in [-0.25, -0.2) is 0 Å². The van der Waals surface area contributed by atoms with Crippen molar-refractivity contribution in [2.75, 3.05) is 26.7 Å². The lowest BCUT2D eigenvalue weighted by Crippen LogP contribution is -2.61. The van der Waals surface area contributed by atoms with E-state index in [4.69, 9.17) is 5.11 Å². The second-order valence-corrected chi connectivity index (χ2v) is 4.43. The topological polar surface area (TPSA) is 35.5 Å². The van der Waals surface area contributed by atoms with E-state index in [1.807, 2.05) is 0 Å². The summed E-state index contributed by atoms with van der Waals surface area (Å²) < 4.78 is 0. The first-order valence-electron chi connectivity index (χ1n) is 4.60. The van der Waals surface area contributed by atoms with Crippen molar-refractivity contribution in [1.29, 1.82) is 0 Å². The maximum Gasteiger partial charge on any atom is 0.0446 e. The highest BCUT2D eigenvalue weighted by Crippen LogP contribution is 2.13. The lowest BCUT2D eigenvalue weighted by molar-refractivity contribution is 0.125. The first kappa shape index (κ1) is 9.96. The number of aliphatic hydroxyl groups is 1. The van der Waals surface area contributed by atoms with E-state index in [1.54, 1.807) is 0 Å². The van der Waals surface area contributed by atoms with E-state index >= 15 is 0 Å². The van der Waals surface area contributed by atoms with Gasteiger partial charge in [-0.1, -0.05) is 0 Å². The van der Waals surface area contributed by atoms with Gasteiger partial charge in [-0.15, -0.1) is 0 Å². The highest BCUT2D eigenvalue weighted by Gasteiger charge is 2.29. The van der Waals surface area contributed by atoms with Gasteiger partial charge < -0.3 is 15.3 Å². The molecule has 1 rings (SSSR count). The molecule has 0 amide bonds. The molecular formula is C9H20N2O. The molecule has 1 unspecified atom stereocenters. The number of aliphatic hydroxyl groups excluding tert-OH is 1. The summed E-state index contributed by atoms with van der Waals surface area (Å²) in [6, 6.07) is 0.448. The molecule has 1 saturated heterocycles. The Hall–Kier alpha value is -0.120. The van der Waals surface area contributed by atoms with E-state index in [9.17, 15) is 0 Å². The number of hydrogen-bond acceptors (Lipinski definition) is 3. The molecule has 1 aliphatic heterocycles. The minimum absolute atomic E-state index is 0.187. The summed E-state index contributed by atoms with van der Waals surface area (Å²) in [5.74, 6) is 0. The molecule has 3 heteroatoms. The Labute approximate surface area is 74.8 Å². The zero-order valence-electron chi connectivity index (χ0n) is 8.30. The van der Waals surface area contributed by atoms with Crippen LogP contribution in [-0.2, 0) is 0 Å². The lowest BCUT2D eigenvalue weighted by atomic mass is 9.98. The molecule has 1 heterocycles. The summed E-state index contributed by atoms with van der Waals surface area (Å²) in [6.07, 6.45) is 0.855. The maximum atomic E-state index is 8.82. The van der Waals surface area contributed by atoms with Crippen LogP contribution in [0.15, 0.2) is 0 Å². The van der Waals surface area contributed by atoms with Crippen LogP contribution in [0.3, 0.4) is 0 Å². The first-order valence-corrected chi connectivity index (χ1v) is 4.60. The van der Waals surface area contributed by atoms with Crippen LogP contribution in [0, 0.1) is 0 Å². The predicted molar refractivity (Wildman–Crippen MR) is 50.2 cm³/mol. The van der Waals surface area contributed by atoms with Crippen LogP contribution in [0.1, 0.15) is 20.3 Å². The number of hydrogen-bond donors (Lipinski definition) is 2. The molecule has 0 aromatic carbocycles. The van der Waals surface area contributed by atoms with Crippen molar-refractivity contribution in [2.45, 2.75) is 31.8 Å². The Kier molecular flexibility index (Phi) is 3.09. The quantitative estimate of drug-likeness (QED) is 0.618. The van der Waals surface area contributed by atoms with E-state index in [1.165, 1.54) is 0 Å². The summed E-state index contributed by atoms with van der Waals surface area (Å²) >= 11 is 0. The van der Waals surface area contributed by atoms with Crippen molar-refractivity contribution in [3.05, 3.63) is 0 Å². The third-order valence-corrected chi connectivity index (χ3v) is 2.27. The van der Waals surface area contributed by atoms with Gasteiger partial charge in [0, 0.05) is 31.3 Å². The molecule has 1 aliphatic rings. The zero-order valence-corrected chi connectivity index (χ0v) is 8.30. The molecule has 72 valence electrons. The van der Waals surface area contributed by atoms with Crippen molar-refractivity contribution >= 4 is 0 Å². The Balaban J connectivity index is 2.46. The zero-order chi connectivity index (χ0) is 9.19. The Bertz CT molecular complexity index is 147. The van der Waals surface area contributed by atoms with Crippen LogP contribution in [0.4, 0.5) is 0 Å². The molecule has 0 aromatic rings. The SMILES string of the molecule is CN1CC(CCO)NC(C)(C)C1. The Morgan fingerprint density at radius 3 is 2.75 bits per heavy atom. The fourth-order valence-corrected chi connectivity index (χ4v) is 2.08. The largest absolute Gasteiger partial charge is 0.396 e. The smallest absolute Gasteiger partial charge is 0.0446 e. The summed E-state index contributed by atoms with van der Waals surface area (Å²) in [5, 5.41) is 12.3. The summed E-state index contributed by atoms with van der Waals surface area (Å²) in [6.45, 7) is 6.81. The van der Waals surface area contributed by atoms with Gasteiger partial charge in [0.25, 0.3) is 0 Å². The van der Waals surface area contributed by atoms with Gasteiger partial charge in [0.15, 0.2) is 0 Å². The first-order chi connectivity index (χ1) is 5.53. The molecule has 1 fully saturated rings. The van der Waals surface area contributed by atoms with Crippen LogP contribution >= 0.6 is 0 Å². The maximum absolute atomic E-state index is 8.82. The number of rotatable bonds is 2. The molecule has 3 nitrogen and oxygen atoms in total. The third kappa shape index (κ3) is 2.73. The second-order valence-electron chi connectivity index (χ2n) is 4.43. The van der Waals surface area contributed by atoms with Crippen molar-refractivity contribution < 1.29 is 5.11 Å². The minimum atomic E-state index is 0.187. The van der Waals surface area contributed by atoms with Crippen LogP contribution in [-0.4, -0.2) is 48.3 Å². The minimum Gasteiger partial charge on any atom is -0.396 e. The average Bonchev–Trinajstić information content (AvgIpc) is 1.82. The van der Waals surface area contributed by atoms with Crippen molar-refractivity contribution in [1.82, 2.24) is 10.2 Å². The van der Waals surface area contributed by atoms with Gasteiger partial charge in [0.05, 0.1) is 0 Å². The fraction of sp³-hybridized carbons (Fsp3) is 1.00. The fourth-order valence-electron chi connectivity index (χ4n) is 2.08. The summed E-state index contributed by atoms with van der Waals surface area (Å²) in [4.78, 5) is 2.32. The normalized spacial score (nSPS) is 30.5. The van der Waals surface area contributed by atoms with E-state index in [-0.39, 0.29) is 12.1 Å². The molecule has 12 heavy (non-hydrogen) atoms. The molecule has 0 bridgehead atoms. The predicted octanol–water partition coefficient (Wildman–Crippen LogP) is 0.0510. The van der Waals surface area contributed by atoms with Gasteiger partial charge >= 0.3 is 0 Å². The van der Waals surface area contributed by atoms with E-state index in [0.717, 1.165) is 19.5 Å². The molecule has 1 atom stereocenters. The number of nitrogens with one attached hydrogen (secondary N) is 1. The van der Waals surface area contributed by atoms with Gasteiger partial charge in [-0.3, -0.25) is 0 Å². The molecule has 0 aromatic heterocycles. The molecule has 0 aliphatic carbocycles. The van der Waals surface area contributed by atoms with E-state index in [2.05, 4.69) is 31.1 Å². The lowest BCUT2D eigenvalue weighted by Gasteiger charge is -2.42. The van der Waals surface area contributed by atoms with E-state index < -0.39 is 0 Å². The monoisotopic (exact) mass is 172 g/mol. The highest BCUT2D eigenvalue weighted by atomic mass is 16.3. The number of piperazine rings is 1.